The van der Waals surface area contributed by atoms with Crippen LogP contribution in [-0.2, 0) is 14.3 Å². The van der Waals surface area contributed by atoms with Crippen LogP contribution in [0.2, 0.25) is 0 Å². The van der Waals surface area contributed by atoms with Crippen LogP contribution in [0, 0.1) is 34.5 Å². The van der Waals surface area contributed by atoms with Crippen LogP contribution in [0.4, 0.5) is 10.6 Å². The standard InChI is InChI=1S/C23H28N4O4/c1-30-21(28)23-9-14-7-16(10-23)19(17(8-14)11-23)31-22(29)27-6-4-18(13-27)26-20-15(12-24)3-2-5-25-20/h2-3,5,14,16-19H,4,6-11,13H2,1H3,(H,25,26)/t14?,16-,17-,18?,19?,23?/m1/s1. The average molecular weight is 425 g/mol. The molecule has 0 radical (unpaired) electrons. The maximum absolute atomic E-state index is 12.9. The Balaban J connectivity index is 1.20. The molecule has 1 aliphatic heterocycles. The summed E-state index contributed by atoms with van der Waals surface area (Å²) in [5.41, 5.74) is 0.134. The third-order valence-corrected chi connectivity index (χ3v) is 7.76. The summed E-state index contributed by atoms with van der Waals surface area (Å²) in [6.45, 7) is 1.14. The molecule has 164 valence electrons. The largest absolute Gasteiger partial charge is 0.469 e. The summed E-state index contributed by atoms with van der Waals surface area (Å²) in [7, 11) is 1.47. The summed E-state index contributed by atoms with van der Waals surface area (Å²) in [6, 6.07) is 5.64. The molecule has 1 aromatic heterocycles. The number of methoxy groups -OCH3 is 1. The van der Waals surface area contributed by atoms with E-state index in [4.69, 9.17) is 9.47 Å². The van der Waals surface area contributed by atoms with Crippen LogP contribution in [0.1, 0.15) is 44.1 Å². The van der Waals surface area contributed by atoms with Crippen LogP contribution in [0.15, 0.2) is 18.3 Å². The van der Waals surface area contributed by atoms with Crippen molar-refractivity contribution in [2.24, 2.45) is 23.2 Å². The normalized spacial score (nSPS) is 35.5. The monoisotopic (exact) mass is 424 g/mol. The Kier molecular flexibility index (Phi) is 4.99. The highest BCUT2D eigenvalue weighted by Crippen LogP contribution is 2.61. The van der Waals surface area contributed by atoms with E-state index >= 15 is 0 Å². The minimum atomic E-state index is -0.363. The molecule has 8 heteroatoms. The van der Waals surface area contributed by atoms with Gasteiger partial charge in [-0.05, 0) is 68.4 Å². The zero-order valence-corrected chi connectivity index (χ0v) is 17.8. The van der Waals surface area contributed by atoms with E-state index in [9.17, 15) is 14.9 Å². The van der Waals surface area contributed by atoms with E-state index in [1.54, 1.807) is 23.2 Å². The predicted octanol–water partition coefficient (Wildman–Crippen LogP) is 2.94. The number of likely N-dealkylation sites (tertiary alicyclic amines) is 1. The molecule has 3 atom stereocenters. The van der Waals surface area contributed by atoms with Gasteiger partial charge in [0.1, 0.15) is 18.0 Å². The van der Waals surface area contributed by atoms with Crippen LogP contribution in [0.25, 0.3) is 0 Å². The number of esters is 1. The number of nitrogens with one attached hydrogen (secondary N) is 1. The summed E-state index contributed by atoms with van der Waals surface area (Å²) in [6.07, 6.45) is 6.59. The number of nitriles is 1. The topological polar surface area (TPSA) is 105 Å². The number of nitrogens with zero attached hydrogens (tertiary/aromatic N) is 3. The quantitative estimate of drug-likeness (QED) is 0.741. The first-order valence-corrected chi connectivity index (χ1v) is 11.2. The van der Waals surface area contributed by atoms with Crippen molar-refractivity contribution in [3.63, 3.8) is 0 Å². The number of carbonyl (C=O) groups excluding carboxylic acids is 2. The van der Waals surface area contributed by atoms with Gasteiger partial charge in [0.15, 0.2) is 0 Å². The van der Waals surface area contributed by atoms with Gasteiger partial charge >= 0.3 is 12.1 Å². The van der Waals surface area contributed by atoms with E-state index < -0.39 is 0 Å². The molecular weight excluding hydrogens is 396 g/mol. The minimum absolute atomic E-state index is 0.0376. The molecule has 5 fully saturated rings. The zero-order valence-electron chi connectivity index (χ0n) is 17.8. The number of hydrogen-bond acceptors (Lipinski definition) is 7. The molecule has 1 amide bonds. The molecule has 0 spiro atoms. The van der Waals surface area contributed by atoms with Crippen LogP contribution >= 0.6 is 0 Å². The Labute approximate surface area is 181 Å². The molecule has 1 saturated heterocycles. The molecule has 0 aromatic carbocycles. The van der Waals surface area contributed by atoms with Gasteiger partial charge in [-0.3, -0.25) is 4.79 Å². The third kappa shape index (κ3) is 3.50. The lowest BCUT2D eigenvalue weighted by atomic mass is 9.48. The number of hydrogen-bond donors (Lipinski definition) is 1. The molecule has 4 saturated carbocycles. The maximum atomic E-state index is 12.9. The molecule has 6 rings (SSSR count). The summed E-state index contributed by atoms with van der Waals surface area (Å²) >= 11 is 0. The van der Waals surface area contributed by atoms with Gasteiger partial charge in [0.05, 0.1) is 18.1 Å². The molecular formula is C23H28N4O4. The highest BCUT2D eigenvalue weighted by molar-refractivity contribution is 5.77. The van der Waals surface area contributed by atoms with E-state index in [-0.39, 0.29) is 41.5 Å². The van der Waals surface area contributed by atoms with E-state index in [1.165, 1.54) is 7.11 Å². The van der Waals surface area contributed by atoms with Crippen molar-refractivity contribution >= 4 is 17.9 Å². The molecule has 31 heavy (non-hydrogen) atoms. The molecule has 4 bridgehead atoms. The Morgan fingerprint density at radius 3 is 2.77 bits per heavy atom. The molecule has 1 aromatic rings. The first-order chi connectivity index (χ1) is 15.0. The molecule has 4 aliphatic carbocycles. The first kappa shape index (κ1) is 20.1. The number of ether oxygens (including phenoxy) is 2. The second-order valence-electron chi connectivity index (χ2n) is 9.68. The number of aromatic nitrogens is 1. The van der Waals surface area contributed by atoms with Crippen molar-refractivity contribution in [3.8, 4) is 6.07 Å². The summed E-state index contributed by atoms with van der Waals surface area (Å²) in [5, 5.41) is 12.5. The lowest BCUT2D eigenvalue weighted by Crippen LogP contribution is -2.58. The fourth-order valence-corrected chi connectivity index (χ4v) is 6.68. The Morgan fingerprint density at radius 1 is 1.29 bits per heavy atom. The summed E-state index contributed by atoms with van der Waals surface area (Å²) < 4.78 is 11.2. The molecule has 1 N–H and O–H groups in total. The Hall–Kier alpha value is -2.82. The van der Waals surface area contributed by atoms with Gasteiger partial charge in [-0.2, -0.15) is 5.26 Å². The number of carbonyl (C=O) groups is 2. The summed E-state index contributed by atoms with van der Waals surface area (Å²) in [4.78, 5) is 31.4. The fourth-order valence-electron chi connectivity index (χ4n) is 6.68. The second-order valence-corrected chi connectivity index (χ2v) is 9.68. The van der Waals surface area contributed by atoms with E-state index in [0.717, 1.165) is 38.5 Å². The van der Waals surface area contributed by atoms with Crippen molar-refractivity contribution < 1.29 is 19.1 Å². The molecule has 1 unspecified atom stereocenters. The Morgan fingerprint density at radius 2 is 2.06 bits per heavy atom. The van der Waals surface area contributed by atoms with Crippen molar-refractivity contribution in [1.29, 1.82) is 5.26 Å². The SMILES string of the molecule is COC(=O)C12CC3C[C@H](C1)C(OC(=O)N1CCC(Nc4ncccc4C#N)C1)[C@H](C3)C2. The van der Waals surface area contributed by atoms with Crippen LogP contribution < -0.4 is 5.32 Å². The number of rotatable bonds is 4. The van der Waals surface area contributed by atoms with Crippen molar-refractivity contribution in [3.05, 3.63) is 23.9 Å². The molecule has 5 aliphatic rings. The van der Waals surface area contributed by atoms with Crippen LogP contribution in [0.3, 0.4) is 0 Å². The van der Waals surface area contributed by atoms with Gasteiger partial charge in [0.25, 0.3) is 0 Å². The summed E-state index contributed by atoms with van der Waals surface area (Å²) in [5.74, 6) is 1.51. The number of anilines is 1. The maximum Gasteiger partial charge on any atom is 0.410 e. The predicted molar refractivity (Wildman–Crippen MR) is 111 cm³/mol. The first-order valence-electron chi connectivity index (χ1n) is 11.2. The average Bonchev–Trinajstić information content (AvgIpc) is 3.24. The highest BCUT2D eigenvalue weighted by Gasteiger charge is 2.60. The van der Waals surface area contributed by atoms with Crippen molar-refractivity contribution in [1.82, 2.24) is 9.88 Å². The smallest absolute Gasteiger partial charge is 0.410 e. The van der Waals surface area contributed by atoms with Crippen molar-refractivity contribution in [2.45, 2.75) is 50.7 Å². The van der Waals surface area contributed by atoms with E-state index in [2.05, 4.69) is 16.4 Å². The van der Waals surface area contributed by atoms with Crippen molar-refractivity contribution in [2.75, 3.05) is 25.5 Å². The number of amides is 1. The minimum Gasteiger partial charge on any atom is -0.469 e. The van der Waals surface area contributed by atoms with E-state index in [1.807, 2.05) is 0 Å². The molecule has 2 heterocycles. The van der Waals surface area contributed by atoms with Gasteiger partial charge in [0.2, 0.25) is 0 Å². The van der Waals surface area contributed by atoms with Gasteiger partial charge < -0.3 is 19.7 Å². The number of pyridine rings is 1. The molecule has 8 nitrogen and oxygen atoms in total. The van der Waals surface area contributed by atoms with Crippen LogP contribution in [-0.4, -0.2) is 54.3 Å². The third-order valence-electron chi connectivity index (χ3n) is 7.76. The van der Waals surface area contributed by atoms with Gasteiger partial charge in [-0.1, -0.05) is 0 Å². The van der Waals surface area contributed by atoms with Gasteiger partial charge in [-0.25, -0.2) is 9.78 Å². The zero-order chi connectivity index (χ0) is 21.6. The van der Waals surface area contributed by atoms with Gasteiger partial charge in [0, 0.05) is 25.3 Å². The second kappa shape index (κ2) is 7.70. The highest BCUT2D eigenvalue weighted by atomic mass is 16.6. The lowest BCUT2D eigenvalue weighted by molar-refractivity contribution is -0.182. The fraction of sp³-hybridized carbons (Fsp3) is 0.652. The van der Waals surface area contributed by atoms with E-state index in [0.29, 0.717) is 30.4 Å². The lowest BCUT2D eigenvalue weighted by Gasteiger charge is -2.57. The van der Waals surface area contributed by atoms with Gasteiger partial charge in [-0.15, -0.1) is 0 Å². The Bertz CT molecular complexity index is 912. The van der Waals surface area contributed by atoms with Crippen LogP contribution in [0.5, 0.6) is 0 Å².